The third-order valence-corrected chi connectivity index (χ3v) is 7.23. The summed E-state index contributed by atoms with van der Waals surface area (Å²) in [5.74, 6) is 0. The lowest BCUT2D eigenvalue weighted by molar-refractivity contribution is 1.64. The minimum Gasteiger partial charge on any atom is -0.0622 e. The minimum atomic E-state index is 1.24. The number of benzene rings is 7. The molecule has 0 aliphatic heterocycles. The Hall–Kier alpha value is -4.68. The van der Waals surface area contributed by atoms with Crippen molar-refractivity contribution in [2.45, 2.75) is 0 Å². The first-order valence-corrected chi connectivity index (χ1v) is 12.5. The van der Waals surface area contributed by atoms with Gasteiger partial charge in [-0.3, -0.25) is 0 Å². The van der Waals surface area contributed by atoms with Crippen LogP contribution < -0.4 is 0 Å². The predicted octanol–water partition coefficient (Wildman–Crippen LogP) is 10.1. The molecule has 7 rings (SSSR count). The average Bonchev–Trinajstić information content (AvgIpc) is 2.96. The van der Waals surface area contributed by atoms with Gasteiger partial charge in [-0.2, -0.15) is 0 Å². The van der Waals surface area contributed by atoms with Crippen LogP contribution in [0.5, 0.6) is 0 Å². The Bertz CT molecular complexity index is 1860. The van der Waals surface area contributed by atoms with Crippen molar-refractivity contribution >= 4 is 32.3 Å². The Kier molecular flexibility index (Phi) is 4.89. The highest BCUT2D eigenvalue weighted by Crippen LogP contribution is 2.44. The van der Waals surface area contributed by atoms with E-state index < -0.39 is 0 Å². The molecule has 0 aliphatic rings. The van der Waals surface area contributed by atoms with E-state index in [1.54, 1.807) is 0 Å². The SMILES string of the molecule is c1ccc(-c2c3ccccc3c(-c3ccccc3)c3cc(-c4ccc5ccccc5c4)ccc23)cc1. The molecule has 0 nitrogen and oxygen atoms in total. The Labute approximate surface area is 211 Å². The quantitative estimate of drug-likeness (QED) is 0.232. The van der Waals surface area contributed by atoms with Crippen LogP contribution in [0.3, 0.4) is 0 Å². The van der Waals surface area contributed by atoms with Crippen molar-refractivity contribution in [3.63, 3.8) is 0 Å². The van der Waals surface area contributed by atoms with Crippen molar-refractivity contribution in [1.29, 1.82) is 0 Å². The molecule has 0 atom stereocenters. The molecule has 7 aromatic rings. The van der Waals surface area contributed by atoms with E-state index in [9.17, 15) is 0 Å². The van der Waals surface area contributed by atoms with E-state index in [1.807, 2.05) is 0 Å². The molecule has 0 fully saturated rings. The van der Waals surface area contributed by atoms with Crippen LogP contribution in [-0.2, 0) is 0 Å². The Balaban J connectivity index is 1.60. The molecule has 0 N–H and O–H groups in total. The zero-order valence-corrected chi connectivity index (χ0v) is 19.9. The molecule has 0 heteroatoms. The van der Waals surface area contributed by atoms with E-state index in [4.69, 9.17) is 0 Å². The normalized spacial score (nSPS) is 11.3. The molecule has 0 bridgehead atoms. The molecule has 0 aliphatic carbocycles. The van der Waals surface area contributed by atoms with Gasteiger partial charge in [0.15, 0.2) is 0 Å². The van der Waals surface area contributed by atoms with Gasteiger partial charge < -0.3 is 0 Å². The maximum absolute atomic E-state index is 2.39. The molecular weight excluding hydrogens is 432 g/mol. The highest BCUT2D eigenvalue weighted by molar-refractivity contribution is 6.22. The number of hydrogen-bond donors (Lipinski definition) is 0. The lowest BCUT2D eigenvalue weighted by Gasteiger charge is -2.18. The van der Waals surface area contributed by atoms with E-state index in [0.29, 0.717) is 0 Å². The van der Waals surface area contributed by atoms with Crippen LogP contribution in [0.25, 0.3) is 65.7 Å². The summed E-state index contributed by atoms with van der Waals surface area (Å²) in [5, 5.41) is 7.66. The van der Waals surface area contributed by atoms with Crippen LogP contribution >= 0.6 is 0 Å². The first kappa shape index (κ1) is 20.7. The highest BCUT2D eigenvalue weighted by Gasteiger charge is 2.17. The number of hydrogen-bond acceptors (Lipinski definition) is 0. The standard InChI is InChI=1S/C36H24/c1-3-12-26(13-4-1)35-31-17-9-10-18-32(31)36(27-14-5-2-6-15-27)34-24-30(21-22-33(34)35)29-20-19-25-11-7-8-16-28(25)23-29/h1-24H. The molecule has 168 valence electrons. The van der Waals surface area contributed by atoms with Gasteiger partial charge in [0, 0.05) is 0 Å². The zero-order chi connectivity index (χ0) is 23.9. The predicted molar refractivity (Wildman–Crippen MR) is 155 cm³/mol. The van der Waals surface area contributed by atoms with Crippen molar-refractivity contribution in [2.75, 3.05) is 0 Å². The number of fused-ring (bicyclic) bond motifs is 3. The Morgan fingerprint density at radius 1 is 0.250 bits per heavy atom. The van der Waals surface area contributed by atoms with E-state index in [0.717, 1.165) is 0 Å². The Morgan fingerprint density at radius 3 is 1.39 bits per heavy atom. The van der Waals surface area contributed by atoms with Crippen LogP contribution in [-0.4, -0.2) is 0 Å². The first-order chi connectivity index (χ1) is 17.9. The lowest BCUT2D eigenvalue weighted by Crippen LogP contribution is -1.91. The summed E-state index contributed by atoms with van der Waals surface area (Å²) < 4.78 is 0. The lowest BCUT2D eigenvalue weighted by atomic mass is 9.85. The van der Waals surface area contributed by atoms with Gasteiger partial charge in [-0.1, -0.05) is 133 Å². The molecule has 0 radical (unpaired) electrons. The van der Waals surface area contributed by atoms with Crippen molar-refractivity contribution < 1.29 is 0 Å². The van der Waals surface area contributed by atoms with Crippen LogP contribution in [0.1, 0.15) is 0 Å². The molecule has 7 aromatic carbocycles. The monoisotopic (exact) mass is 456 g/mol. The summed E-state index contributed by atoms with van der Waals surface area (Å²) in [4.78, 5) is 0. The molecule has 0 saturated heterocycles. The van der Waals surface area contributed by atoms with Crippen LogP contribution in [0.2, 0.25) is 0 Å². The zero-order valence-electron chi connectivity index (χ0n) is 19.9. The summed E-state index contributed by atoms with van der Waals surface area (Å²) >= 11 is 0. The van der Waals surface area contributed by atoms with Gasteiger partial charge in [-0.05, 0) is 77.8 Å². The summed E-state index contributed by atoms with van der Waals surface area (Å²) in [6.45, 7) is 0. The second-order valence-corrected chi connectivity index (χ2v) is 9.35. The first-order valence-electron chi connectivity index (χ1n) is 12.5. The molecule has 0 saturated carbocycles. The van der Waals surface area contributed by atoms with Crippen LogP contribution in [0.15, 0.2) is 146 Å². The second kappa shape index (κ2) is 8.52. The maximum Gasteiger partial charge on any atom is -0.00262 e. The van der Waals surface area contributed by atoms with E-state index in [1.165, 1.54) is 65.7 Å². The van der Waals surface area contributed by atoms with E-state index in [-0.39, 0.29) is 0 Å². The van der Waals surface area contributed by atoms with Crippen molar-refractivity contribution in [3.8, 4) is 33.4 Å². The van der Waals surface area contributed by atoms with Crippen molar-refractivity contribution in [2.24, 2.45) is 0 Å². The van der Waals surface area contributed by atoms with Gasteiger partial charge in [0.1, 0.15) is 0 Å². The van der Waals surface area contributed by atoms with Crippen molar-refractivity contribution in [1.82, 2.24) is 0 Å². The third-order valence-electron chi connectivity index (χ3n) is 7.23. The molecule has 0 amide bonds. The van der Waals surface area contributed by atoms with E-state index in [2.05, 4.69) is 146 Å². The van der Waals surface area contributed by atoms with Crippen LogP contribution in [0, 0.1) is 0 Å². The summed E-state index contributed by atoms with van der Waals surface area (Å²) in [5.41, 5.74) is 7.56. The fraction of sp³-hybridized carbons (Fsp3) is 0. The summed E-state index contributed by atoms with van der Waals surface area (Å²) in [7, 11) is 0. The van der Waals surface area contributed by atoms with Gasteiger partial charge in [0.25, 0.3) is 0 Å². The average molecular weight is 457 g/mol. The molecule has 0 heterocycles. The third kappa shape index (κ3) is 3.39. The number of rotatable bonds is 3. The van der Waals surface area contributed by atoms with Gasteiger partial charge in [0.05, 0.1) is 0 Å². The molecule has 0 unspecified atom stereocenters. The summed E-state index contributed by atoms with van der Waals surface area (Å²) in [6, 6.07) is 52.8. The highest BCUT2D eigenvalue weighted by atomic mass is 14.2. The second-order valence-electron chi connectivity index (χ2n) is 9.35. The maximum atomic E-state index is 2.39. The molecule has 0 aromatic heterocycles. The van der Waals surface area contributed by atoms with Gasteiger partial charge in [-0.15, -0.1) is 0 Å². The fourth-order valence-corrected chi connectivity index (χ4v) is 5.56. The minimum absolute atomic E-state index is 1.24. The van der Waals surface area contributed by atoms with Gasteiger partial charge >= 0.3 is 0 Å². The van der Waals surface area contributed by atoms with Crippen LogP contribution in [0.4, 0.5) is 0 Å². The van der Waals surface area contributed by atoms with E-state index >= 15 is 0 Å². The molecule has 36 heavy (non-hydrogen) atoms. The summed E-state index contributed by atoms with van der Waals surface area (Å²) in [6.07, 6.45) is 0. The largest absolute Gasteiger partial charge is 0.0622 e. The topological polar surface area (TPSA) is 0 Å². The molecule has 0 spiro atoms. The molecular formula is C36H24. The van der Waals surface area contributed by atoms with Crippen molar-refractivity contribution in [3.05, 3.63) is 146 Å². The Morgan fingerprint density at radius 2 is 0.722 bits per heavy atom. The van der Waals surface area contributed by atoms with Gasteiger partial charge in [-0.25, -0.2) is 0 Å². The fourth-order valence-electron chi connectivity index (χ4n) is 5.56. The smallest absolute Gasteiger partial charge is 0.00262 e. The van der Waals surface area contributed by atoms with Gasteiger partial charge in [0.2, 0.25) is 0 Å².